The Hall–Kier alpha value is -2.28. The smallest absolute Gasteiger partial charge is 0.320 e. The molecule has 7 heteroatoms. The van der Waals surface area contributed by atoms with Crippen LogP contribution in [0.25, 0.3) is 0 Å². The summed E-state index contributed by atoms with van der Waals surface area (Å²) in [7, 11) is 0. The van der Waals surface area contributed by atoms with Crippen LogP contribution in [0.15, 0.2) is 18.2 Å². The number of nitrogens with one attached hydrogen (secondary N) is 2. The van der Waals surface area contributed by atoms with Crippen molar-refractivity contribution in [3.63, 3.8) is 0 Å². The molecule has 23 heavy (non-hydrogen) atoms. The zero-order valence-corrected chi connectivity index (χ0v) is 13.3. The fourth-order valence-electron chi connectivity index (χ4n) is 2.28. The predicted molar refractivity (Wildman–Crippen MR) is 83.3 cm³/mol. The highest BCUT2D eigenvalue weighted by Crippen LogP contribution is 2.32. The SMILES string of the molecule is CC[C@H](C)[C@H](NCC(=O)NCc1ccc2c(c1)OCO2)C(=O)O. The fraction of sp³-hybridized carbons (Fsp3) is 0.500. The van der Waals surface area contributed by atoms with Gasteiger partial charge in [-0.15, -0.1) is 0 Å². The van der Waals surface area contributed by atoms with Crippen molar-refractivity contribution < 1.29 is 24.2 Å². The van der Waals surface area contributed by atoms with E-state index in [1.165, 1.54) is 0 Å². The van der Waals surface area contributed by atoms with Gasteiger partial charge in [0.15, 0.2) is 11.5 Å². The molecule has 3 N–H and O–H groups in total. The number of hydrogen-bond acceptors (Lipinski definition) is 5. The Morgan fingerprint density at radius 3 is 2.74 bits per heavy atom. The zero-order chi connectivity index (χ0) is 16.8. The number of carbonyl (C=O) groups excluding carboxylic acids is 1. The van der Waals surface area contributed by atoms with E-state index in [9.17, 15) is 9.59 Å². The molecule has 0 spiro atoms. The highest BCUT2D eigenvalue weighted by molar-refractivity contribution is 5.80. The number of benzene rings is 1. The molecule has 0 aromatic heterocycles. The lowest BCUT2D eigenvalue weighted by molar-refractivity contribution is -0.140. The summed E-state index contributed by atoms with van der Waals surface area (Å²) in [6, 6.07) is 4.73. The lowest BCUT2D eigenvalue weighted by Crippen LogP contribution is -2.46. The number of fused-ring (bicyclic) bond motifs is 1. The minimum absolute atomic E-state index is 0.0359. The van der Waals surface area contributed by atoms with Gasteiger partial charge >= 0.3 is 5.97 Å². The molecule has 1 amide bonds. The van der Waals surface area contributed by atoms with Crippen molar-refractivity contribution in [2.45, 2.75) is 32.9 Å². The number of hydrogen-bond donors (Lipinski definition) is 3. The van der Waals surface area contributed by atoms with Crippen LogP contribution in [-0.2, 0) is 16.1 Å². The molecule has 1 aliphatic rings. The summed E-state index contributed by atoms with van der Waals surface area (Å²) in [6.07, 6.45) is 0.725. The monoisotopic (exact) mass is 322 g/mol. The fourth-order valence-corrected chi connectivity index (χ4v) is 2.28. The first-order valence-corrected chi connectivity index (χ1v) is 7.62. The van der Waals surface area contributed by atoms with Crippen molar-refractivity contribution in [1.82, 2.24) is 10.6 Å². The largest absolute Gasteiger partial charge is 0.480 e. The quantitative estimate of drug-likeness (QED) is 0.664. The second kappa shape index (κ2) is 7.82. The molecule has 0 unspecified atom stereocenters. The highest BCUT2D eigenvalue weighted by Gasteiger charge is 2.23. The van der Waals surface area contributed by atoms with Gasteiger partial charge in [-0.3, -0.25) is 14.9 Å². The molecular weight excluding hydrogens is 300 g/mol. The first-order valence-electron chi connectivity index (χ1n) is 7.62. The third-order valence-electron chi connectivity index (χ3n) is 3.89. The number of rotatable bonds is 8. The Kier molecular flexibility index (Phi) is 5.81. The van der Waals surface area contributed by atoms with Crippen molar-refractivity contribution in [2.75, 3.05) is 13.3 Å². The third kappa shape index (κ3) is 4.59. The molecule has 2 rings (SSSR count). The summed E-state index contributed by atoms with van der Waals surface area (Å²) in [6.45, 7) is 4.28. The topological polar surface area (TPSA) is 96.9 Å². The maximum Gasteiger partial charge on any atom is 0.320 e. The van der Waals surface area contributed by atoms with Gasteiger partial charge in [-0.05, 0) is 23.6 Å². The average Bonchev–Trinajstić information content (AvgIpc) is 3.00. The predicted octanol–water partition coefficient (Wildman–Crippen LogP) is 1.12. The van der Waals surface area contributed by atoms with Gasteiger partial charge in [0, 0.05) is 6.54 Å². The molecule has 1 heterocycles. The number of carboxylic acids is 1. The Morgan fingerprint density at radius 1 is 1.30 bits per heavy atom. The first kappa shape index (κ1) is 17.1. The molecule has 0 saturated heterocycles. The van der Waals surface area contributed by atoms with Crippen molar-refractivity contribution in [3.05, 3.63) is 23.8 Å². The summed E-state index contributed by atoms with van der Waals surface area (Å²) in [5.74, 6) is 0.117. The number of carbonyl (C=O) groups is 2. The van der Waals surface area contributed by atoms with E-state index < -0.39 is 12.0 Å². The standard InChI is InChI=1S/C16H22N2O5/c1-3-10(2)15(16(20)21)18-8-14(19)17-7-11-4-5-12-13(6-11)23-9-22-12/h4-6,10,15,18H,3,7-9H2,1-2H3,(H,17,19)(H,20,21)/t10-,15-/m0/s1. The lowest BCUT2D eigenvalue weighted by atomic mass is 9.99. The minimum atomic E-state index is -0.942. The summed E-state index contributed by atoms with van der Waals surface area (Å²) in [4.78, 5) is 23.0. The Bertz CT molecular complexity index is 576. The molecule has 0 fully saturated rings. The van der Waals surface area contributed by atoms with Crippen LogP contribution in [0.2, 0.25) is 0 Å². The molecule has 126 valence electrons. The van der Waals surface area contributed by atoms with E-state index in [0.717, 1.165) is 12.0 Å². The molecule has 1 aromatic rings. The van der Waals surface area contributed by atoms with E-state index in [4.69, 9.17) is 14.6 Å². The van der Waals surface area contributed by atoms with Gasteiger partial charge in [-0.1, -0.05) is 26.3 Å². The van der Waals surface area contributed by atoms with E-state index in [2.05, 4.69) is 10.6 Å². The van der Waals surface area contributed by atoms with Crippen LogP contribution in [0.4, 0.5) is 0 Å². The molecule has 7 nitrogen and oxygen atoms in total. The Morgan fingerprint density at radius 2 is 2.04 bits per heavy atom. The van der Waals surface area contributed by atoms with Gasteiger partial charge < -0.3 is 19.9 Å². The van der Waals surface area contributed by atoms with Crippen LogP contribution in [0.3, 0.4) is 0 Å². The number of ether oxygens (including phenoxy) is 2. The van der Waals surface area contributed by atoms with Crippen LogP contribution in [-0.4, -0.2) is 36.4 Å². The molecule has 0 bridgehead atoms. The van der Waals surface area contributed by atoms with Crippen LogP contribution in [0.5, 0.6) is 11.5 Å². The van der Waals surface area contributed by atoms with Crippen LogP contribution < -0.4 is 20.1 Å². The molecule has 0 radical (unpaired) electrons. The van der Waals surface area contributed by atoms with Crippen molar-refractivity contribution in [1.29, 1.82) is 0 Å². The number of aliphatic carboxylic acids is 1. The van der Waals surface area contributed by atoms with E-state index in [1.807, 2.05) is 26.0 Å². The third-order valence-corrected chi connectivity index (χ3v) is 3.89. The molecule has 1 aliphatic heterocycles. The molecule has 1 aromatic carbocycles. The number of amides is 1. The molecule has 2 atom stereocenters. The average molecular weight is 322 g/mol. The van der Waals surface area contributed by atoms with Gasteiger partial charge in [0.2, 0.25) is 12.7 Å². The Labute approximate surface area is 135 Å². The molecular formula is C16H22N2O5. The van der Waals surface area contributed by atoms with E-state index in [1.54, 1.807) is 6.07 Å². The van der Waals surface area contributed by atoms with E-state index >= 15 is 0 Å². The second-order valence-corrected chi connectivity index (χ2v) is 5.55. The normalized spacial score (nSPS) is 15.0. The maximum atomic E-state index is 11.9. The maximum absolute atomic E-state index is 11.9. The van der Waals surface area contributed by atoms with Gasteiger partial charge in [0.1, 0.15) is 6.04 Å². The van der Waals surface area contributed by atoms with Crippen LogP contribution in [0, 0.1) is 5.92 Å². The molecule has 0 saturated carbocycles. The van der Waals surface area contributed by atoms with E-state index in [-0.39, 0.29) is 25.2 Å². The highest BCUT2D eigenvalue weighted by atomic mass is 16.7. The minimum Gasteiger partial charge on any atom is -0.480 e. The van der Waals surface area contributed by atoms with Gasteiger partial charge in [-0.2, -0.15) is 0 Å². The van der Waals surface area contributed by atoms with Crippen LogP contribution >= 0.6 is 0 Å². The van der Waals surface area contributed by atoms with Gasteiger partial charge in [-0.25, -0.2) is 0 Å². The summed E-state index contributed by atoms with van der Waals surface area (Å²) in [5, 5.41) is 14.7. The van der Waals surface area contributed by atoms with Gasteiger partial charge in [0.05, 0.1) is 6.54 Å². The lowest BCUT2D eigenvalue weighted by Gasteiger charge is -2.19. The second-order valence-electron chi connectivity index (χ2n) is 5.55. The van der Waals surface area contributed by atoms with Crippen molar-refractivity contribution in [2.24, 2.45) is 5.92 Å². The van der Waals surface area contributed by atoms with E-state index in [0.29, 0.717) is 18.0 Å². The first-order chi connectivity index (χ1) is 11.0. The van der Waals surface area contributed by atoms with Crippen molar-refractivity contribution >= 4 is 11.9 Å². The summed E-state index contributed by atoms with van der Waals surface area (Å²) >= 11 is 0. The van der Waals surface area contributed by atoms with Crippen LogP contribution in [0.1, 0.15) is 25.8 Å². The molecule has 0 aliphatic carbocycles. The van der Waals surface area contributed by atoms with Gasteiger partial charge in [0.25, 0.3) is 0 Å². The Balaban J connectivity index is 1.79. The number of carboxylic acid groups (broad SMARTS) is 1. The zero-order valence-electron chi connectivity index (χ0n) is 13.3. The summed E-state index contributed by atoms with van der Waals surface area (Å²) < 4.78 is 10.5. The van der Waals surface area contributed by atoms with Crippen molar-refractivity contribution in [3.8, 4) is 11.5 Å². The summed E-state index contributed by atoms with van der Waals surface area (Å²) in [5.41, 5.74) is 0.888.